The Morgan fingerprint density at radius 3 is 2.56 bits per heavy atom. The van der Waals surface area contributed by atoms with Gasteiger partial charge in [-0.15, -0.1) is 0 Å². The molecule has 0 aliphatic carbocycles. The van der Waals surface area contributed by atoms with Crippen LogP contribution in [0.3, 0.4) is 0 Å². The highest BCUT2D eigenvalue weighted by Crippen LogP contribution is 2.19. The molecule has 3 aromatic rings. The Kier molecular flexibility index (Phi) is 5.61. The molecule has 0 aliphatic rings. The van der Waals surface area contributed by atoms with E-state index in [2.05, 4.69) is 15.8 Å². The van der Waals surface area contributed by atoms with E-state index < -0.39 is 17.8 Å². The number of rotatable bonds is 6. The number of anilines is 1. The summed E-state index contributed by atoms with van der Waals surface area (Å²) in [5.41, 5.74) is 1.37. The Bertz CT molecular complexity index is 940. The van der Waals surface area contributed by atoms with Gasteiger partial charge in [0.2, 0.25) is 11.8 Å². The van der Waals surface area contributed by atoms with Gasteiger partial charge in [-0.05, 0) is 19.1 Å². The standard InChI is InChI=1S/C20H18FN3O3/c1-13(20(26)23-17-10-6-5-9-16(17)21)22-19(25)12-15-11-18(27-24-15)14-7-3-2-4-8-14/h2-11,13H,12H2,1H3,(H,22,25)(H,23,26). The fourth-order valence-corrected chi connectivity index (χ4v) is 2.46. The molecule has 2 aromatic carbocycles. The number of halogens is 1. The number of benzene rings is 2. The number of nitrogens with zero attached hydrogens (tertiary/aromatic N) is 1. The Morgan fingerprint density at radius 1 is 1.11 bits per heavy atom. The Labute approximate surface area is 155 Å². The highest BCUT2D eigenvalue weighted by molar-refractivity contribution is 5.97. The van der Waals surface area contributed by atoms with Gasteiger partial charge >= 0.3 is 0 Å². The lowest BCUT2D eigenvalue weighted by atomic mass is 10.1. The SMILES string of the molecule is CC(NC(=O)Cc1cc(-c2ccccc2)on1)C(=O)Nc1ccccc1F. The molecule has 0 radical (unpaired) electrons. The number of hydrogen-bond acceptors (Lipinski definition) is 4. The van der Waals surface area contributed by atoms with E-state index in [-0.39, 0.29) is 18.0 Å². The van der Waals surface area contributed by atoms with Crippen LogP contribution >= 0.6 is 0 Å². The van der Waals surface area contributed by atoms with Crippen LogP contribution in [-0.4, -0.2) is 23.0 Å². The van der Waals surface area contributed by atoms with Crippen molar-refractivity contribution in [3.8, 4) is 11.3 Å². The Hall–Kier alpha value is -3.48. The van der Waals surface area contributed by atoms with Gasteiger partial charge in [0.15, 0.2) is 5.76 Å². The molecule has 0 saturated heterocycles. The molecule has 2 N–H and O–H groups in total. The lowest BCUT2D eigenvalue weighted by molar-refractivity contribution is -0.125. The summed E-state index contributed by atoms with van der Waals surface area (Å²) >= 11 is 0. The number of carbonyl (C=O) groups is 2. The van der Waals surface area contributed by atoms with Crippen LogP contribution in [-0.2, 0) is 16.0 Å². The van der Waals surface area contributed by atoms with Crippen molar-refractivity contribution in [2.24, 2.45) is 0 Å². The molecule has 2 amide bonds. The average Bonchev–Trinajstić information content (AvgIpc) is 3.12. The van der Waals surface area contributed by atoms with Crippen molar-refractivity contribution < 1.29 is 18.5 Å². The molecule has 138 valence electrons. The van der Waals surface area contributed by atoms with Gasteiger partial charge in [0.1, 0.15) is 11.9 Å². The zero-order valence-corrected chi connectivity index (χ0v) is 14.6. The van der Waals surface area contributed by atoms with Crippen LogP contribution in [0.1, 0.15) is 12.6 Å². The largest absolute Gasteiger partial charge is 0.356 e. The number of para-hydroxylation sites is 1. The summed E-state index contributed by atoms with van der Waals surface area (Å²) in [5.74, 6) is -0.887. The van der Waals surface area contributed by atoms with Crippen molar-refractivity contribution in [2.75, 3.05) is 5.32 Å². The zero-order valence-electron chi connectivity index (χ0n) is 14.6. The van der Waals surface area contributed by atoms with Crippen LogP contribution in [0.15, 0.2) is 65.2 Å². The number of hydrogen-bond donors (Lipinski definition) is 2. The van der Waals surface area contributed by atoms with Crippen molar-refractivity contribution in [1.29, 1.82) is 0 Å². The second-order valence-electron chi connectivity index (χ2n) is 5.98. The molecular formula is C20H18FN3O3. The third-order valence-electron chi connectivity index (χ3n) is 3.86. The van der Waals surface area contributed by atoms with Crippen LogP contribution in [0.5, 0.6) is 0 Å². The van der Waals surface area contributed by atoms with Crippen LogP contribution < -0.4 is 10.6 Å². The van der Waals surface area contributed by atoms with Gasteiger partial charge < -0.3 is 15.2 Å². The third kappa shape index (κ3) is 4.78. The van der Waals surface area contributed by atoms with E-state index in [4.69, 9.17) is 4.52 Å². The summed E-state index contributed by atoms with van der Waals surface area (Å²) in [5, 5.41) is 8.88. The summed E-state index contributed by atoms with van der Waals surface area (Å²) in [6.45, 7) is 1.52. The summed E-state index contributed by atoms with van der Waals surface area (Å²) in [6, 6.07) is 16.1. The first-order chi connectivity index (χ1) is 13.0. The lowest BCUT2D eigenvalue weighted by Crippen LogP contribution is -2.42. The molecule has 0 fully saturated rings. The maximum atomic E-state index is 13.6. The Balaban J connectivity index is 1.55. The second kappa shape index (κ2) is 8.27. The average molecular weight is 367 g/mol. The molecule has 0 spiro atoms. The predicted molar refractivity (Wildman–Crippen MR) is 98.3 cm³/mol. The van der Waals surface area contributed by atoms with Crippen molar-refractivity contribution in [2.45, 2.75) is 19.4 Å². The van der Waals surface area contributed by atoms with E-state index in [1.165, 1.54) is 25.1 Å². The third-order valence-corrected chi connectivity index (χ3v) is 3.86. The first-order valence-electron chi connectivity index (χ1n) is 8.38. The topological polar surface area (TPSA) is 84.2 Å². The summed E-state index contributed by atoms with van der Waals surface area (Å²) < 4.78 is 18.8. The number of amides is 2. The van der Waals surface area contributed by atoms with E-state index >= 15 is 0 Å². The summed E-state index contributed by atoms with van der Waals surface area (Å²) in [4.78, 5) is 24.3. The van der Waals surface area contributed by atoms with E-state index in [9.17, 15) is 14.0 Å². The van der Waals surface area contributed by atoms with E-state index in [0.29, 0.717) is 11.5 Å². The monoisotopic (exact) mass is 367 g/mol. The van der Waals surface area contributed by atoms with E-state index in [1.54, 1.807) is 12.1 Å². The smallest absolute Gasteiger partial charge is 0.246 e. The highest BCUT2D eigenvalue weighted by Gasteiger charge is 2.18. The van der Waals surface area contributed by atoms with Crippen LogP contribution in [0.2, 0.25) is 0 Å². The predicted octanol–water partition coefficient (Wildman–Crippen LogP) is 3.17. The van der Waals surface area contributed by atoms with Crippen LogP contribution in [0.25, 0.3) is 11.3 Å². The molecule has 0 aliphatic heterocycles. The van der Waals surface area contributed by atoms with Crippen LogP contribution in [0.4, 0.5) is 10.1 Å². The fraction of sp³-hybridized carbons (Fsp3) is 0.150. The van der Waals surface area contributed by atoms with E-state index in [1.807, 2.05) is 30.3 Å². The maximum absolute atomic E-state index is 13.6. The molecule has 1 heterocycles. The molecule has 3 rings (SSSR count). The van der Waals surface area contributed by atoms with Gasteiger partial charge in [0, 0.05) is 11.6 Å². The molecule has 1 aromatic heterocycles. The fourth-order valence-electron chi connectivity index (χ4n) is 2.46. The summed E-state index contributed by atoms with van der Waals surface area (Å²) in [7, 11) is 0. The lowest BCUT2D eigenvalue weighted by Gasteiger charge is -2.14. The van der Waals surface area contributed by atoms with Gasteiger partial charge in [-0.3, -0.25) is 9.59 Å². The van der Waals surface area contributed by atoms with Gasteiger partial charge in [0.25, 0.3) is 0 Å². The molecular weight excluding hydrogens is 349 g/mol. The molecule has 0 bridgehead atoms. The highest BCUT2D eigenvalue weighted by atomic mass is 19.1. The molecule has 6 nitrogen and oxygen atoms in total. The van der Waals surface area contributed by atoms with E-state index in [0.717, 1.165) is 5.56 Å². The minimum absolute atomic E-state index is 0.0341. The van der Waals surface area contributed by atoms with Crippen molar-refractivity contribution in [1.82, 2.24) is 10.5 Å². The number of aromatic nitrogens is 1. The molecule has 1 atom stereocenters. The maximum Gasteiger partial charge on any atom is 0.246 e. The first-order valence-corrected chi connectivity index (χ1v) is 8.38. The van der Waals surface area contributed by atoms with Crippen LogP contribution in [0, 0.1) is 5.82 Å². The van der Waals surface area contributed by atoms with Gasteiger partial charge in [-0.2, -0.15) is 0 Å². The summed E-state index contributed by atoms with van der Waals surface area (Å²) in [6.07, 6.45) is -0.0341. The van der Waals surface area contributed by atoms with Gasteiger partial charge in [-0.25, -0.2) is 4.39 Å². The number of nitrogens with one attached hydrogen (secondary N) is 2. The number of carbonyl (C=O) groups excluding carboxylic acids is 2. The first kappa shape index (κ1) is 18.3. The van der Waals surface area contributed by atoms with Crippen molar-refractivity contribution in [3.05, 3.63) is 72.2 Å². The zero-order chi connectivity index (χ0) is 19.2. The van der Waals surface area contributed by atoms with Crippen molar-refractivity contribution >= 4 is 17.5 Å². The van der Waals surface area contributed by atoms with Crippen molar-refractivity contribution in [3.63, 3.8) is 0 Å². The molecule has 1 unspecified atom stereocenters. The molecule has 7 heteroatoms. The van der Waals surface area contributed by atoms with Gasteiger partial charge in [0.05, 0.1) is 17.8 Å². The van der Waals surface area contributed by atoms with Gasteiger partial charge in [-0.1, -0.05) is 47.6 Å². The second-order valence-corrected chi connectivity index (χ2v) is 5.98. The quantitative estimate of drug-likeness (QED) is 0.701. The molecule has 0 saturated carbocycles. The Morgan fingerprint density at radius 2 is 1.81 bits per heavy atom. The molecule has 27 heavy (non-hydrogen) atoms. The normalized spacial score (nSPS) is 11.6. The minimum Gasteiger partial charge on any atom is -0.356 e. The minimum atomic E-state index is -0.836.